The third-order valence-electron chi connectivity index (χ3n) is 3.13. The molecule has 1 aliphatic rings. The smallest absolute Gasteiger partial charge is 0.127 e. The highest BCUT2D eigenvalue weighted by Gasteiger charge is 2.21. The van der Waals surface area contributed by atoms with Gasteiger partial charge in [-0.25, -0.2) is 4.39 Å². The first-order chi connectivity index (χ1) is 7.19. The number of rotatable bonds is 2. The molecule has 0 radical (unpaired) electrons. The number of halogens is 1. The normalized spacial score (nSPS) is 20.9. The molecule has 2 rings (SSSR count). The van der Waals surface area contributed by atoms with Crippen LogP contribution in [-0.2, 0) is 0 Å². The maximum atomic E-state index is 13.2. The predicted octanol–water partition coefficient (Wildman–Crippen LogP) is 2.64. The SMILES string of the molecule is CCC1CCN(c2cc(N)cc(F)c2)C1. The van der Waals surface area contributed by atoms with Gasteiger partial charge in [-0.05, 0) is 30.5 Å². The molecule has 1 heterocycles. The number of hydrogen-bond acceptors (Lipinski definition) is 2. The molecule has 1 unspecified atom stereocenters. The van der Waals surface area contributed by atoms with Crippen molar-refractivity contribution in [3.63, 3.8) is 0 Å². The maximum absolute atomic E-state index is 13.2. The van der Waals surface area contributed by atoms with Crippen LogP contribution in [-0.4, -0.2) is 13.1 Å². The number of nitrogen functional groups attached to an aromatic ring is 1. The lowest BCUT2D eigenvalue weighted by molar-refractivity contribution is 0.569. The molecule has 1 aromatic rings. The predicted molar refractivity (Wildman–Crippen MR) is 61.4 cm³/mol. The van der Waals surface area contributed by atoms with Crippen LogP contribution < -0.4 is 10.6 Å². The quantitative estimate of drug-likeness (QED) is 0.757. The average Bonchev–Trinajstić information content (AvgIpc) is 2.64. The summed E-state index contributed by atoms with van der Waals surface area (Å²) in [5.41, 5.74) is 7.05. The Hall–Kier alpha value is -1.25. The van der Waals surface area contributed by atoms with E-state index in [1.54, 1.807) is 6.07 Å². The van der Waals surface area contributed by atoms with Gasteiger partial charge in [0.1, 0.15) is 5.82 Å². The molecule has 3 heteroatoms. The first-order valence-electron chi connectivity index (χ1n) is 5.50. The van der Waals surface area contributed by atoms with Crippen molar-refractivity contribution >= 4 is 11.4 Å². The van der Waals surface area contributed by atoms with Crippen LogP contribution in [0.2, 0.25) is 0 Å². The van der Waals surface area contributed by atoms with Gasteiger partial charge in [0, 0.05) is 24.5 Å². The van der Waals surface area contributed by atoms with Gasteiger partial charge in [-0.2, -0.15) is 0 Å². The summed E-state index contributed by atoms with van der Waals surface area (Å²) in [6.45, 7) is 4.24. The summed E-state index contributed by atoms with van der Waals surface area (Å²) in [4.78, 5) is 2.22. The highest BCUT2D eigenvalue weighted by atomic mass is 19.1. The molecule has 1 saturated heterocycles. The molecule has 0 aliphatic carbocycles. The Morgan fingerprint density at radius 2 is 2.27 bits per heavy atom. The Bertz CT molecular complexity index is 331. The van der Waals surface area contributed by atoms with E-state index in [1.807, 2.05) is 6.07 Å². The van der Waals surface area contributed by atoms with Crippen molar-refractivity contribution in [1.82, 2.24) is 0 Å². The lowest BCUT2D eigenvalue weighted by Gasteiger charge is -2.19. The molecule has 15 heavy (non-hydrogen) atoms. The van der Waals surface area contributed by atoms with Crippen molar-refractivity contribution in [3.05, 3.63) is 24.0 Å². The molecule has 1 aliphatic heterocycles. The molecule has 2 nitrogen and oxygen atoms in total. The number of benzene rings is 1. The molecule has 0 amide bonds. The van der Waals surface area contributed by atoms with Gasteiger partial charge in [0.25, 0.3) is 0 Å². The lowest BCUT2D eigenvalue weighted by Crippen LogP contribution is -2.19. The summed E-state index contributed by atoms with van der Waals surface area (Å²) >= 11 is 0. The van der Waals surface area contributed by atoms with Crippen LogP contribution in [0.1, 0.15) is 19.8 Å². The zero-order chi connectivity index (χ0) is 10.8. The van der Waals surface area contributed by atoms with E-state index in [0.29, 0.717) is 5.69 Å². The van der Waals surface area contributed by atoms with Crippen LogP contribution >= 0.6 is 0 Å². The van der Waals surface area contributed by atoms with Gasteiger partial charge in [-0.15, -0.1) is 0 Å². The largest absolute Gasteiger partial charge is 0.399 e. The zero-order valence-corrected chi connectivity index (χ0v) is 9.04. The molecule has 0 bridgehead atoms. The number of nitrogens with two attached hydrogens (primary N) is 1. The summed E-state index contributed by atoms with van der Waals surface area (Å²) in [5.74, 6) is 0.499. The van der Waals surface area contributed by atoms with E-state index < -0.39 is 0 Å². The second kappa shape index (κ2) is 4.09. The second-order valence-corrected chi connectivity index (χ2v) is 4.25. The number of nitrogens with zero attached hydrogens (tertiary/aromatic N) is 1. The Labute approximate surface area is 89.9 Å². The van der Waals surface area contributed by atoms with E-state index in [1.165, 1.54) is 18.9 Å². The van der Waals surface area contributed by atoms with Gasteiger partial charge in [0.05, 0.1) is 0 Å². The van der Waals surface area contributed by atoms with Crippen LogP contribution in [0.25, 0.3) is 0 Å². The highest BCUT2D eigenvalue weighted by Crippen LogP contribution is 2.27. The zero-order valence-electron chi connectivity index (χ0n) is 9.04. The van der Waals surface area contributed by atoms with E-state index in [-0.39, 0.29) is 5.82 Å². The fraction of sp³-hybridized carbons (Fsp3) is 0.500. The molecule has 2 N–H and O–H groups in total. The second-order valence-electron chi connectivity index (χ2n) is 4.25. The molecule has 1 fully saturated rings. The van der Waals surface area contributed by atoms with Crippen molar-refractivity contribution in [2.24, 2.45) is 5.92 Å². The summed E-state index contributed by atoms with van der Waals surface area (Å²) < 4.78 is 13.2. The monoisotopic (exact) mass is 208 g/mol. The molecule has 82 valence electrons. The van der Waals surface area contributed by atoms with Gasteiger partial charge in [-0.1, -0.05) is 13.3 Å². The standard InChI is InChI=1S/C12H17FN2/c1-2-9-3-4-15(8-9)12-6-10(13)5-11(14)7-12/h5-7,9H,2-4,8,14H2,1H3. The Morgan fingerprint density at radius 1 is 1.47 bits per heavy atom. The lowest BCUT2D eigenvalue weighted by atomic mass is 10.1. The van der Waals surface area contributed by atoms with Gasteiger partial charge < -0.3 is 10.6 Å². The Morgan fingerprint density at radius 3 is 2.87 bits per heavy atom. The molecule has 1 aromatic carbocycles. The molecule has 0 spiro atoms. The van der Waals surface area contributed by atoms with Crippen LogP contribution in [0.15, 0.2) is 18.2 Å². The van der Waals surface area contributed by atoms with Gasteiger partial charge in [0.2, 0.25) is 0 Å². The molecule has 0 aromatic heterocycles. The Kier molecular flexibility index (Phi) is 2.80. The third kappa shape index (κ3) is 2.22. The van der Waals surface area contributed by atoms with Crippen molar-refractivity contribution in [1.29, 1.82) is 0 Å². The van der Waals surface area contributed by atoms with Crippen molar-refractivity contribution in [3.8, 4) is 0 Å². The fourth-order valence-electron chi connectivity index (χ4n) is 2.18. The van der Waals surface area contributed by atoms with Crippen LogP contribution in [0, 0.1) is 11.7 Å². The van der Waals surface area contributed by atoms with Crippen LogP contribution in [0.3, 0.4) is 0 Å². The van der Waals surface area contributed by atoms with E-state index in [0.717, 1.165) is 24.7 Å². The molecular weight excluding hydrogens is 191 g/mol. The Balaban J connectivity index is 2.16. The summed E-state index contributed by atoms with van der Waals surface area (Å²) in [6.07, 6.45) is 2.40. The van der Waals surface area contributed by atoms with Gasteiger partial charge >= 0.3 is 0 Å². The van der Waals surface area contributed by atoms with Gasteiger partial charge in [-0.3, -0.25) is 0 Å². The molecule has 0 saturated carbocycles. The van der Waals surface area contributed by atoms with E-state index in [2.05, 4.69) is 11.8 Å². The number of anilines is 2. The molecular formula is C12H17FN2. The van der Waals surface area contributed by atoms with Crippen molar-refractivity contribution in [2.45, 2.75) is 19.8 Å². The van der Waals surface area contributed by atoms with Gasteiger partial charge in [0.15, 0.2) is 0 Å². The van der Waals surface area contributed by atoms with Crippen LogP contribution in [0.5, 0.6) is 0 Å². The minimum atomic E-state index is -0.245. The summed E-state index contributed by atoms with van der Waals surface area (Å²) in [6, 6.07) is 4.77. The first kappa shape index (κ1) is 10.3. The minimum absolute atomic E-state index is 0.245. The highest BCUT2D eigenvalue weighted by molar-refractivity contribution is 5.56. The topological polar surface area (TPSA) is 29.3 Å². The minimum Gasteiger partial charge on any atom is -0.399 e. The average molecular weight is 208 g/mol. The van der Waals surface area contributed by atoms with Crippen molar-refractivity contribution in [2.75, 3.05) is 23.7 Å². The fourth-order valence-corrected chi connectivity index (χ4v) is 2.18. The van der Waals surface area contributed by atoms with Crippen molar-refractivity contribution < 1.29 is 4.39 Å². The number of hydrogen-bond donors (Lipinski definition) is 1. The van der Waals surface area contributed by atoms with E-state index >= 15 is 0 Å². The van der Waals surface area contributed by atoms with E-state index in [4.69, 9.17) is 5.73 Å². The summed E-state index contributed by atoms with van der Waals surface area (Å²) in [7, 11) is 0. The maximum Gasteiger partial charge on any atom is 0.127 e. The third-order valence-corrected chi connectivity index (χ3v) is 3.13. The molecule has 1 atom stereocenters. The summed E-state index contributed by atoms with van der Waals surface area (Å²) in [5, 5.41) is 0. The van der Waals surface area contributed by atoms with Crippen LogP contribution in [0.4, 0.5) is 15.8 Å². The van der Waals surface area contributed by atoms with E-state index in [9.17, 15) is 4.39 Å². The first-order valence-corrected chi connectivity index (χ1v) is 5.50.